The first-order valence-electron chi connectivity index (χ1n) is 5.50. The molecular weight excluding hydrogens is 232 g/mol. The number of anilines is 1. The molecule has 0 aliphatic heterocycles. The molecule has 0 saturated heterocycles. The molecule has 0 saturated carbocycles. The summed E-state index contributed by atoms with van der Waals surface area (Å²) in [6, 6.07) is 4.93. The number of pyridine rings is 1. The van der Waals surface area contributed by atoms with Crippen molar-refractivity contribution in [1.29, 1.82) is 0 Å². The van der Waals surface area contributed by atoms with Crippen molar-refractivity contribution in [2.45, 2.75) is 20.4 Å². The molecule has 2 aromatic heterocycles. The van der Waals surface area contributed by atoms with E-state index in [0.29, 0.717) is 23.8 Å². The molecule has 0 aromatic carbocycles. The van der Waals surface area contributed by atoms with Crippen LogP contribution in [0.15, 0.2) is 22.7 Å². The number of carbonyl (C=O) groups excluding carboxylic acids is 1. The third-order valence-corrected chi connectivity index (χ3v) is 2.61. The van der Waals surface area contributed by atoms with Gasteiger partial charge in [-0.3, -0.25) is 4.79 Å². The third kappa shape index (κ3) is 2.48. The predicted molar refractivity (Wildman–Crippen MR) is 65.8 cm³/mol. The summed E-state index contributed by atoms with van der Waals surface area (Å²) in [7, 11) is 0. The number of aromatic nitrogens is 2. The van der Waals surface area contributed by atoms with Gasteiger partial charge in [0.15, 0.2) is 0 Å². The van der Waals surface area contributed by atoms with Crippen molar-refractivity contribution < 1.29 is 9.32 Å². The molecule has 2 rings (SSSR count). The van der Waals surface area contributed by atoms with Crippen LogP contribution in [0.2, 0.25) is 0 Å². The summed E-state index contributed by atoms with van der Waals surface area (Å²) in [6.45, 7) is 3.99. The molecule has 0 fully saturated rings. The minimum absolute atomic E-state index is 0.276. The first-order valence-corrected chi connectivity index (χ1v) is 5.50. The molecule has 2 heterocycles. The van der Waals surface area contributed by atoms with E-state index >= 15 is 0 Å². The van der Waals surface area contributed by atoms with Crippen LogP contribution in [0.1, 0.15) is 27.5 Å². The maximum absolute atomic E-state index is 11.8. The van der Waals surface area contributed by atoms with Gasteiger partial charge in [0.2, 0.25) is 0 Å². The predicted octanol–water partition coefficient (Wildman–Crippen LogP) is 1.20. The highest BCUT2D eigenvalue weighted by Gasteiger charge is 2.12. The number of nitrogens with two attached hydrogens (primary N) is 1. The molecular formula is C12H14N4O2. The zero-order valence-electron chi connectivity index (χ0n) is 10.2. The average Bonchev–Trinajstić information content (AvgIpc) is 2.66. The molecule has 0 unspecified atom stereocenters. The fraction of sp³-hybridized carbons (Fsp3) is 0.250. The average molecular weight is 246 g/mol. The first kappa shape index (κ1) is 12.1. The molecule has 18 heavy (non-hydrogen) atoms. The number of hydrogen-bond donors (Lipinski definition) is 2. The summed E-state index contributed by atoms with van der Waals surface area (Å²) in [4.78, 5) is 15.8. The smallest absolute Gasteiger partial charge is 0.270 e. The molecule has 0 atom stereocenters. The summed E-state index contributed by atoms with van der Waals surface area (Å²) in [5, 5.41) is 6.57. The lowest BCUT2D eigenvalue weighted by Crippen LogP contribution is -2.24. The van der Waals surface area contributed by atoms with Gasteiger partial charge in [-0.25, -0.2) is 4.98 Å². The second-order valence-corrected chi connectivity index (χ2v) is 3.93. The highest BCUT2D eigenvalue weighted by molar-refractivity contribution is 5.92. The Morgan fingerprint density at radius 1 is 1.44 bits per heavy atom. The number of carbonyl (C=O) groups is 1. The number of nitrogens with one attached hydrogen (secondary N) is 1. The summed E-state index contributed by atoms with van der Waals surface area (Å²) in [6.07, 6.45) is 0. The number of amides is 1. The summed E-state index contributed by atoms with van der Waals surface area (Å²) >= 11 is 0. The Morgan fingerprint density at radius 2 is 2.22 bits per heavy atom. The van der Waals surface area contributed by atoms with Crippen LogP contribution in [-0.4, -0.2) is 16.0 Å². The van der Waals surface area contributed by atoms with Gasteiger partial charge in [0, 0.05) is 12.1 Å². The van der Waals surface area contributed by atoms with Crippen molar-refractivity contribution in [3.8, 4) is 0 Å². The van der Waals surface area contributed by atoms with E-state index in [1.807, 2.05) is 6.92 Å². The van der Waals surface area contributed by atoms with Crippen LogP contribution in [0.5, 0.6) is 0 Å². The van der Waals surface area contributed by atoms with Gasteiger partial charge in [0.05, 0.1) is 5.69 Å². The van der Waals surface area contributed by atoms with Crippen molar-refractivity contribution in [3.63, 3.8) is 0 Å². The molecule has 6 heteroatoms. The van der Waals surface area contributed by atoms with Crippen molar-refractivity contribution in [2.75, 3.05) is 5.73 Å². The second-order valence-electron chi connectivity index (χ2n) is 3.93. The Bertz CT molecular complexity index is 558. The van der Waals surface area contributed by atoms with Crippen LogP contribution in [0.4, 0.5) is 5.82 Å². The minimum Gasteiger partial charge on any atom is -0.384 e. The van der Waals surface area contributed by atoms with E-state index in [9.17, 15) is 4.79 Å². The standard InChI is InChI=1S/C12H14N4O2/c1-7-9(8(2)18-16-7)6-14-12(17)10-4-3-5-11(13)15-10/h3-5H,6H2,1-2H3,(H2,13,15)(H,14,17). The van der Waals surface area contributed by atoms with E-state index in [0.717, 1.165) is 11.3 Å². The fourth-order valence-electron chi connectivity index (χ4n) is 1.59. The summed E-state index contributed by atoms with van der Waals surface area (Å²) < 4.78 is 5.02. The lowest BCUT2D eigenvalue weighted by Gasteiger charge is -2.04. The maximum atomic E-state index is 11.8. The van der Waals surface area contributed by atoms with Gasteiger partial charge >= 0.3 is 0 Å². The van der Waals surface area contributed by atoms with E-state index in [2.05, 4.69) is 15.5 Å². The van der Waals surface area contributed by atoms with Gasteiger partial charge in [0.1, 0.15) is 17.3 Å². The number of nitrogen functional groups attached to an aromatic ring is 1. The number of aryl methyl sites for hydroxylation is 2. The Balaban J connectivity index is 2.05. The van der Waals surface area contributed by atoms with Gasteiger partial charge in [-0.2, -0.15) is 0 Å². The van der Waals surface area contributed by atoms with E-state index in [1.54, 1.807) is 25.1 Å². The van der Waals surface area contributed by atoms with Crippen LogP contribution in [0.25, 0.3) is 0 Å². The van der Waals surface area contributed by atoms with Crippen LogP contribution in [0, 0.1) is 13.8 Å². The van der Waals surface area contributed by atoms with E-state index in [1.165, 1.54) is 0 Å². The topological polar surface area (TPSA) is 94.0 Å². The van der Waals surface area contributed by atoms with Crippen molar-refractivity contribution in [3.05, 3.63) is 40.9 Å². The monoisotopic (exact) mass is 246 g/mol. The SMILES string of the molecule is Cc1noc(C)c1CNC(=O)c1cccc(N)n1. The van der Waals surface area contributed by atoms with Crippen LogP contribution in [-0.2, 0) is 6.54 Å². The number of rotatable bonds is 3. The Hall–Kier alpha value is -2.37. The molecule has 1 amide bonds. The van der Waals surface area contributed by atoms with E-state index < -0.39 is 0 Å². The highest BCUT2D eigenvalue weighted by atomic mass is 16.5. The van der Waals surface area contributed by atoms with Gasteiger partial charge in [-0.05, 0) is 26.0 Å². The van der Waals surface area contributed by atoms with Crippen LogP contribution >= 0.6 is 0 Å². The molecule has 0 radical (unpaired) electrons. The zero-order valence-corrected chi connectivity index (χ0v) is 10.2. The van der Waals surface area contributed by atoms with Crippen LogP contribution < -0.4 is 11.1 Å². The summed E-state index contributed by atoms with van der Waals surface area (Å²) in [5.74, 6) is 0.746. The minimum atomic E-state index is -0.276. The third-order valence-electron chi connectivity index (χ3n) is 2.61. The molecule has 3 N–H and O–H groups in total. The zero-order chi connectivity index (χ0) is 13.1. The van der Waals surface area contributed by atoms with Gasteiger partial charge in [-0.15, -0.1) is 0 Å². The Kier molecular flexibility index (Phi) is 3.27. The molecule has 6 nitrogen and oxygen atoms in total. The second kappa shape index (κ2) is 4.87. The number of nitrogens with zero attached hydrogens (tertiary/aromatic N) is 2. The molecule has 2 aromatic rings. The van der Waals surface area contributed by atoms with Gasteiger partial charge in [0.25, 0.3) is 5.91 Å². The molecule has 0 spiro atoms. The largest absolute Gasteiger partial charge is 0.384 e. The quantitative estimate of drug-likeness (QED) is 0.848. The maximum Gasteiger partial charge on any atom is 0.270 e. The highest BCUT2D eigenvalue weighted by Crippen LogP contribution is 2.11. The normalized spacial score (nSPS) is 10.3. The van der Waals surface area contributed by atoms with Crippen LogP contribution in [0.3, 0.4) is 0 Å². The van der Waals surface area contributed by atoms with E-state index in [4.69, 9.17) is 10.3 Å². The molecule has 94 valence electrons. The lowest BCUT2D eigenvalue weighted by atomic mass is 10.2. The lowest BCUT2D eigenvalue weighted by molar-refractivity contribution is 0.0946. The Morgan fingerprint density at radius 3 is 2.83 bits per heavy atom. The molecule has 0 bridgehead atoms. The molecule has 0 aliphatic rings. The Labute approximate surface area is 104 Å². The summed E-state index contributed by atoms with van der Waals surface area (Å²) in [5.41, 5.74) is 7.47. The van der Waals surface area contributed by atoms with E-state index in [-0.39, 0.29) is 5.91 Å². The first-order chi connectivity index (χ1) is 8.58. The van der Waals surface area contributed by atoms with Gasteiger partial charge in [-0.1, -0.05) is 11.2 Å². The van der Waals surface area contributed by atoms with Crippen molar-refractivity contribution >= 4 is 11.7 Å². The fourth-order valence-corrected chi connectivity index (χ4v) is 1.59. The molecule has 0 aliphatic carbocycles. The number of hydrogen-bond acceptors (Lipinski definition) is 5. The van der Waals surface area contributed by atoms with Gasteiger partial charge < -0.3 is 15.6 Å². The van der Waals surface area contributed by atoms with Crippen molar-refractivity contribution in [2.24, 2.45) is 0 Å². The van der Waals surface area contributed by atoms with Crippen molar-refractivity contribution in [1.82, 2.24) is 15.5 Å².